The topological polar surface area (TPSA) is 108 Å². The normalized spacial score (nSPS) is 11.3. The van der Waals surface area contributed by atoms with Crippen molar-refractivity contribution in [2.75, 3.05) is 39.0 Å². The molecule has 0 spiro atoms. The molecule has 0 radical (unpaired) electrons. The van der Waals surface area contributed by atoms with Crippen LogP contribution < -0.4 is 16.0 Å². The van der Waals surface area contributed by atoms with Crippen LogP contribution in [-0.2, 0) is 19.6 Å². The average Bonchev–Trinajstić information content (AvgIpc) is 2.51. The van der Waals surface area contributed by atoms with Crippen LogP contribution in [-0.4, -0.2) is 58.3 Å². The monoisotopic (exact) mass is 356 g/mol. The van der Waals surface area contributed by atoms with Gasteiger partial charge in [-0.1, -0.05) is 0 Å². The smallest absolute Gasteiger partial charge is 0.243 e. The van der Waals surface area contributed by atoms with Crippen molar-refractivity contribution in [1.82, 2.24) is 14.9 Å². The van der Waals surface area contributed by atoms with Gasteiger partial charge in [-0.3, -0.25) is 9.59 Å². The number of amides is 2. The van der Waals surface area contributed by atoms with Crippen LogP contribution in [0.25, 0.3) is 0 Å². The zero-order valence-corrected chi connectivity index (χ0v) is 14.9. The van der Waals surface area contributed by atoms with Gasteiger partial charge in [-0.25, -0.2) is 8.42 Å². The van der Waals surface area contributed by atoms with Gasteiger partial charge in [0.1, 0.15) is 0 Å². The summed E-state index contributed by atoms with van der Waals surface area (Å²) in [7, 11) is -0.597. The SMILES string of the molecule is CNCCCNC(=O)CN(C)S(=O)(=O)c1ccc(NC(C)=O)cc1. The molecule has 0 aliphatic heterocycles. The molecule has 0 saturated carbocycles. The molecule has 9 heteroatoms. The lowest BCUT2D eigenvalue weighted by molar-refractivity contribution is -0.121. The van der Waals surface area contributed by atoms with Crippen molar-refractivity contribution >= 4 is 27.5 Å². The maximum absolute atomic E-state index is 12.4. The van der Waals surface area contributed by atoms with E-state index in [9.17, 15) is 18.0 Å². The van der Waals surface area contributed by atoms with Gasteiger partial charge in [0.05, 0.1) is 11.4 Å². The van der Waals surface area contributed by atoms with E-state index >= 15 is 0 Å². The molecule has 0 saturated heterocycles. The highest BCUT2D eigenvalue weighted by Gasteiger charge is 2.22. The number of carbonyl (C=O) groups excluding carboxylic acids is 2. The Kier molecular flexibility index (Phi) is 7.83. The number of rotatable bonds is 9. The molecule has 0 aliphatic carbocycles. The van der Waals surface area contributed by atoms with Gasteiger partial charge in [0.25, 0.3) is 0 Å². The molecular weight excluding hydrogens is 332 g/mol. The van der Waals surface area contributed by atoms with E-state index in [1.54, 1.807) is 0 Å². The summed E-state index contributed by atoms with van der Waals surface area (Å²) >= 11 is 0. The highest BCUT2D eigenvalue weighted by atomic mass is 32.2. The number of sulfonamides is 1. The van der Waals surface area contributed by atoms with Crippen LogP contribution in [0.3, 0.4) is 0 Å². The van der Waals surface area contributed by atoms with Crippen LogP contribution >= 0.6 is 0 Å². The van der Waals surface area contributed by atoms with E-state index < -0.39 is 10.0 Å². The van der Waals surface area contributed by atoms with Gasteiger partial charge in [-0.15, -0.1) is 0 Å². The van der Waals surface area contributed by atoms with Crippen molar-refractivity contribution in [1.29, 1.82) is 0 Å². The summed E-state index contributed by atoms with van der Waals surface area (Å²) < 4.78 is 25.8. The first-order chi connectivity index (χ1) is 11.3. The highest BCUT2D eigenvalue weighted by Crippen LogP contribution is 2.17. The first kappa shape index (κ1) is 20.1. The summed E-state index contributed by atoms with van der Waals surface area (Å²) in [6, 6.07) is 5.78. The average molecular weight is 356 g/mol. The fraction of sp³-hybridized carbons (Fsp3) is 0.467. The van der Waals surface area contributed by atoms with Crippen molar-refractivity contribution in [2.24, 2.45) is 0 Å². The summed E-state index contributed by atoms with van der Waals surface area (Å²) in [5, 5.41) is 8.19. The molecule has 0 bridgehead atoms. The molecule has 0 fully saturated rings. The van der Waals surface area contributed by atoms with Crippen molar-refractivity contribution in [3.8, 4) is 0 Å². The Bertz CT molecular complexity index is 659. The third kappa shape index (κ3) is 6.26. The highest BCUT2D eigenvalue weighted by molar-refractivity contribution is 7.89. The zero-order valence-electron chi connectivity index (χ0n) is 14.1. The van der Waals surface area contributed by atoms with Crippen molar-refractivity contribution < 1.29 is 18.0 Å². The second-order valence-electron chi connectivity index (χ2n) is 5.27. The van der Waals surface area contributed by atoms with E-state index in [1.807, 2.05) is 7.05 Å². The molecule has 3 N–H and O–H groups in total. The number of nitrogens with one attached hydrogen (secondary N) is 3. The molecule has 24 heavy (non-hydrogen) atoms. The summed E-state index contributed by atoms with van der Waals surface area (Å²) in [6.45, 7) is 2.37. The molecule has 1 aromatic rings. The standard InChI is InChI=1S/C15H24N4O4S/c1-12(20)18-13-5-7-14(8-6-13)24(22,23)19(3)11-15(21)17-10-4-9-16-2/h5-8,16H,4,9-11H2,1-3H3,(H,17,21)(H,18,20). The molecule has 1 aromatic carbocycles. The van der Waals surface area contributed by atoms with E-state index in [0.717, 1.165) is 17.3 Å². The second-order valence-corrected chi connectivity index (χ2v) is 7.32. The lowest BCUT2D eigenvalue weighted by Gasteiger charge is -2.17. The third-order valence-corrected chi connectivity index (χ3v) is 4.99. The number of anilines is 1. The minimum atomic E-state index is -3.77. The lowest BCUT2D eigenvalue weighted by Crippen LogP contribution is -2.39. The summed E-state index contributed by atoms with van der Waals surface area (Å²) in [6.07, 6.45) is 0.767. The van der Waals surface area contributed by atoms with E-state index in [-0.39, 0.29) is 23.3 Å². The minimum Gasteiger partial charge on any atom is -0.355 e. The lowest BCUT2D eigenvalue weighted by atomic mass is 10.3. The Morgan fingerprint density at radius 3 is 2.29 bits per heavy atom. The maximum Gasteiger partial charge on any atom is 0.243 e. The third-order valence-electron chi connectivity index (χ3n) is 3.17. The fourth-order valence-electron chi connectivity index (χ4n) is 1.93. The quantitative estimate of drug-likeness (QED) is 0.540. The number of likely N-dealkylation sites (N-methyl/N-ethyl adjacent to an activating group) is 1. The van der Waals surface area contributed by atoms with Crippen molar-refractivity contribution in [3.63, 3.8) is 0 Å². The van der Waals surface area contributed by atoms with E-state index in [0.29, 0.717) is 12.2 Å². The van der Waals surface area contributed by atoms with E-state index in [2.05, 4.69) is 16.0 Å². The molecule has 8 nitrogen and oxygen atoms in total. The number of benzene rings is 1. The number of hydrogen-bond donors (Lipinski definition) is 3. The van der Waals surface area contributed by atoms with Gasteiger partial charge in [0.2, 0.25) is 21.8 Å². The maximum atomic E-state index is 12.4. The van der Waals surface area contributed by atoms with E-state index in [1.165, 1.54) is 38.2 Å². The number of carbonyl (C=O) groups is 2. The van der Waals surface area contributed by atoms with E-state index in [4.69, 9.17) is 0 Å². The fourth-order valence-corrected chi connectivity index (χ4v) is 3.06. The first-order valence-electron chi connectivity index (χ1n) is 7.52. The molecule has 1 rings (SSSR count). The molecular formula is C15H24N4O4S. The number of hydrogen-bond acceptors (Lipinski definition) is 5. The van der Waals surface area contributed by atoms with Crippen LogP contribution in [0, 0.1) is 0 Å². The summed E-state index contributed by atoms with van der Waals surface area (Å²) in [4.78, 5) is 22.8. The van der Waals surface area contributed by atoms with Crippen molar-refractivity contribution in [2.45, 2.75) is 18.2 Å². The predicted molar refractivity (Wildman–Crippen MR) is 92.1 cm³/mol. The Morgan fingerprint density at radius 2 is 1.75 bits per heavy atom. The molecule has 0 heterocycles. The first-order valence-corrected chi connectivity index (χ1v) is 8.96. The van der Waals surface area contributed by atoms with Gasteiger partial charge in [0.15, 0.2) is 0 Å². The molecule has 0 atom stereocenters. The summed E-state index contributed by atoms with van der Waals surface area (Å²) in [5.74, 6) is -0.593. The Labute approximate surface area is 142 Å². The zero-order chi connectivity index (χ0) is 18.2. The van der Waals surface area contributed by atoms with Crippen molar-refractivity contribution in [3.05, 3.63) is 24.3 Å². The Balaban J connectivity index is 2.66. The predicted octanol–water partition coefficient (Wildman–Crippen LogP) is -0.00880. The van der Waals surface area contributed by atoms with Crippen LogP contribution in [0.4, 0.5) is 5.69 Å². The van der Waals surface area contributed by atoms with Crippen LogP contribution in [0.2, 0.25) is 0 Å². The van der Waals surface area contributed by atoms with Gasteiger partial charge in [-0.2, -0.15) is 4.31 Å². The molecule has 0 aliphatic rings. The van der Waals surface area contributed by atoms with Gasteiger partial charge < -0.3 is 16.0 Å². The van der Waals surface area contributed by atoms with Crippen LogP contribution in [0.5, 0.6) is 0 Å². The Morgan fingerprint density at radius 1 is 1.12 bits per heavy atom. The van der Waals surface area contributed by atoms with Gasteiger partial charge in [-0.05, 0) is 44.3 Å². The molecule has 2 amide bonds. The van der Waals surface area contributed by atoms with Gasteiger partial charge in [0, 0.05) is 26.2 Å². The number of nitrogens with zero attached hydrogens (tertiary/aromatic N) is 1. The Hall–Kier alpha value is -1.97. The largest absolute Gasteiger partial charge is 0.355 e. The van der Waals surface area contributed by atoms with Crippen LogP contribution in [0.1, 0.15) is 13.3 Å². The molecule has 134 valence electrons. The minimum absolute atomic E-state index is 0.0575. The second kappa shape index (κ2) is 9.36. The van der Waals surface area contributed by atoms with Crippen LogP contribution in [0.15, 0.2) is 29.2 Å². The molecule has 0 aromatic heterocycles. The molecule has 0 unspecified atom stereocenters. The van der Waals surface area contributed by atoms with Gasteiger partial charge >= 0.3 is 0 Å². The summed E-state index contributed by atoms with van der Waals surface area (Å²) in [5.41, 5.74) is 0.506.